The molecule has 1 aliphatic heterocycles. The van der Waals surface area contributed by atoms with Crippen molar-refractivity contribution in [1.29, 1.82) is 0 Å². The first-order valence-electron chi connectivity index (χ1n) is 6.95. The first-order valence-corrected chi connectivity index (χ1v) is 7.94. The highest BCUT2D eigenvalue weighted by Crippen LogP contribution is 2.23. The Morgan fingerprint density at radius 2 is 2.05 bits per heavy atom. The van der Waals surface area contributed by atoms with Crippen molar-refractivity contribution in [1.82, 2.24) is 4.90 Å². The maximum atomic E-state index is 13.5. The Labute approximate surface area is 124 Å². The zero-order valence-electron chi connectivity index (χ0n) is 11.8. The van der Waals surface area contributed by atoms with Crippen molar-refractivity contribution in [2.75, 3.05) is 39.1 Å². The quantitative estimate of drug-likeness (QED) is 0.818. The van der Waals surface area contributed by atoms with Crippen LogP contribution in [0.3, 0.4) is 0 Å². The van der Waals surface area contributed by atoms with E-state index in [1.54, 1.807) is 12.1 Å². The highest BCUT2D eigenvalue weighted by Gasteiger charge is 2.30. The van der Waals surface area contributed by atoms with Crippen LogP contribution in [0.2, 0.25) is 0 Å². The molecule has 0 atom stereocenters. The Morgan fingerprint density at radius 1 is 1.35 bits per heavy atom. The summed E-state index contributed by atoms with van der Waals surface area (Å²) in [5.74, 6) is 0.646. The Morgan fingerprint density at radius 3 is 2.75 bits per heavy atom. The van der Waals surface area contributed by atoms with Crippen LogP contribution in [0.1, 0.15) is 12.8 Å². The van der Waals surface area contributed by atoms with Crippen LogP contribution in [0, 0.1) is 5.82 Å². The van der Waals surface area contributed by atoms with Crippen LogP contribution in [-0.2, 0) is 4.74 Å². The predicted octanol–water partition coefficient (Wildman–Crippen LogP) is 2.39. The SMILES string of the molecule is CN(CCSc1ccccc1F)CC1(O)CCOCC1. The average molecular weight is 299 g/mol. The Balaban J connectivity index is 1.72. The second-order valence-corrected chi connectivity index (χ2v) is 6.49. The molecule has 0 aromatic heterocycles. The zero-order chi connectivity index (χ0) is 14.4. The number of hydrogen-bond donors (Lipinski definition) is 1. The minimum absolute atomic E-state index is 0.164. The van der Waals surface area contributed by atoms with Crippen molar-refractivity contribution in [3.63, 3.8) is 0 Å². The summed E-state index contributed by atoms with van der Waals surface area (Å²) in [6, 6.07) is 6.83. The van der Waals surface area contributed by atoms with Crippen molar-refractivity contribution in [2.45, 2.75) is 23.3 Å². The number of ether oxygens (including phenoxy) is 1. The molecule has 1 aromatic rings. The maximum absolute atomic E-state index is 13.5. The van der Waals surface area contributed by atoms with Gasteiger partial charge in [-0.25, -0.2) is 4.39 Å². The lowest BCUT2D eigenvalue weighted by Crippen LogP contribution is -2.46. The molecule has 1 aromatic carbocycles. The van der Waals surface area contributed by atoms with E-state index < -0.39 is 5.60 Å². The molecule has 1 saturated heterocycles. The van der Waals surface area contributed by atoms with Gasteiger partial charge in [-0.15, -0.1) is 11.8 Å². The number of likely N-dealkylation sites (N-methyl/N-ethyl adjacent to an activating group) is 1. The molecule has 112 valence electrons. The van der Waals surface area contributed by atoms with Gasteiger partial charge >= 0.3 is 0 Å². The fraction of sp³-hybridized carbons (Fsp3) is 0.600. The van der Waals surface area contributed by atoms with Crippen LogP contribution in [0.15, 0.2) is 29.2 Å². The normalized spacial score (nSPS) is 18.4. The molecule has 5 heteroatoms. The van der Waals surface area contributed by atoms with E-state index in [9.17, 15) is 9.50 Å². The molecule has 0 radical (unpaired) electrons. The van der Waals surface area contributed by atoms with Crippen LogP contribution in [0.25, 0.3) is 0 Å². The largest absolute Gasteiger partial charge is 0.388 e. The van der Waals surface area contributed by atoms with Gasteiger partial charge in [-0.2, -0.15) is 0 Å². The fourth-order valence-corrected chi connectivity index (χ4v) is 3.37. The molecule has 0 saturated carbocycles. The van der Waals surface area contributed by atoms with E-state index >= 15 is 0 Å². The third-order valence-corrected chi connectivity index (χ3v) is 4.58. The fourth-order valence-electron chi connectivity index (χ4n) is 2.36. The van der Waals surface area contributed by atoms with Crippen LogP contribution < -0.4 is 0 Å². The molecule has 3 nitrogen and oxygen atoms in total. The number of rotatable bonds is 6. The number of thioether (sulfide) groups is 1. The van der Waals surface area contributed by atoms with Crippen molar-refractivity contribution in [2.24, 2.45) is 0 Å². The number of aliphatic hydroxyl groups is 1. The van der Waals surface area contributed by atoms with Gasteiger partial charge in [-0.1, -0.05) is 12.1 Å². The van der Waals surface area contributed by atoms with E-state index in [2.05, 4.69) is 4.90 Å². The first-order chi connectivity index (χ1) is 9.59. The summed E-state index contributed by atoms with van der Waals surface area (Å²) in [4.78, 5) is 2.80. The highest BCUT2D eigenvalue weighted by molar-refractivity contribution is 7.99. The molecule has 0 aliphatic carbocycles. The van der Waals surface area contributed by atoms with Crippen LogP contribution in [0.4, 0.5) is 4.39 Å². The molecular weight excluding hydrogens is 277 g/mol. The molecule has 0 spiro atoms. The summed E-state index contributed by atoms with van der Waals surface area (Å²) in [5.41, 5.74) is -0.629. The summed E-state index contributed by atoms with van der Waals surface area (Å²) in [6.07, 6.45) is 1.38. The number of nitrogens with zero attached hydrogens (tertiary/aromatic N) is 1. The molecule has 1 fully saturated rings. The lowest BCUT2D eigenvalue weighted by molar-refractivity contribution is -0.0762. The van der Waals surface area contributed by atoms with Crippen LogP contribution >= 0.6 is 11.8 Å². The topological polar surface area (TPSA) is 32.7 Å². The summed E-state index contributed by atoms with van der Waals surface area (Å²) >= 11 is 1.51. The summed E-state index contributed by atoms with van der Waals surface area (Å²) in [6.45, 7) is 2.74. The molecule has 1 aliphatic rings. The average Bonchev–Trinajstić information content (AvgIpc) is 2.41. The summed E-state index contributed by atoms with van der Waals surface area (Å²) in [7, 11) is 2.00. The Bertz CT molecular complexity index is 424. The molecule has 1 N–H and O–H groups in total. The lowest BCUT2D eigenvalue weighted by Gasteiger charge is -2.35. The van der Waals surface area contributed by atoms with Gasteiger partial charge in [0.15, 0.2) is 0 Å². The third kappa shape index (κ3) is 4.74. The first kappa shape index (κ1) is 15.8. The Kier molecular flexibility index (Phi) is 5.84. The second-order valence-electron chi connectivity index (χ2n) is 5.35. The van der Waals surface area contributed by atoms with Gasteiger partial charge in [-0.3, -0.25) is 0 Å². The van der Waals surface area contributed by atoms with E-state index in [4.69, 9.17) is 4.74 Å². The van der Waals surface area contributed by atoms with Gasteiger partial charge in [0.1, 0.15) is 5.82 Å². The van der Waals surface area contributed by atoms with Crippen molar-refractivity contribution in [3.8, 4) is 0 Å². The van der Waals surface area contributed by atoms with E-state index in [1.165, 1.54) is 17.8 Å². The van der Waals surface area contributed by atoms with Crippen molar-refractivity contribution in [3.05, 3.63) is 30.1 Å². The second kappa shape index (κ2) is 7.41. The van der Waals surface area contributed by atoms with Gasteiger partial charge in [-0.05, 0) is 19.2 Å². The number of hydrogen-bond acceptors (Lipinski definition) is 4. The molecule has 20 heavy (non-hydrogen) atoms. The van der Waals surface area contributed by atoms with Gasteiger partial charge in [0.2, 0.25) is 0 Å². The smallest absolute Gasteiger partial charge is 0.136 e. The molecule has 2 rings (SSSR count). The molecule has 0 amide bonds. The standard InChI is InChI=1S/C15H22FNO2S/c1-17(12-15(18)6-9-19-10-7-15)8-11-20-14-5-3-2-4-13(14)16/h2-5,18H,6-12H2,1H3. The van der Waals surface area contributed by atoms with Gasteiger partial charge in [0, 0.05) is 49.8 Å². The molecular formula is C15H22FNO2S. The molecule has 1 heterocycles. The minimum atomic E-state index is -0.629. The monoisotopic (exact) mass is 299 g/mol. The van der Waals surface area contributed by atoms with E-state index in [0.29, 0.717) is 37.5 Å². The van der Waals surface area contributed by atoms with Crippen molar-refractivity contribution < 1.29 is 14.2 Å². The molecule has 0 unspecified atom stereocenters. The van der Waals surface area contributed by atoms with E-state index in [0.717, 1.165) is 12.3 Å². The van der Waals surface area contributed by atoms with Gasteiger partial charge < -0.3 is 14.7 Å². The highest BCUT2D eigenvalue weighted by atomic mass is 32.2. The van der Waals surface area contributed by atoms with Crippen LogP contribution in [0.5, 0.6) is 0 Å². The van der Waals surface area contributed by atoms with Crippen molar-refractivity contribution >= 4 is 11.8 Å². The Hall–Kier alpha value is -0.620. The molecule has 0 bridgehead atoms. The minimum Gasteiger partial charge on any atom is -0.388 e. The number of benzene rings is 1. The summed E-state index contributed by atoms with van der Waals surface area (Å²) < 4.78 is 18.7. The third-order valence-electron chi connectivity index (χ3n) is 3.55. The van der Waals surface area contributed by atoms with E-state index in [-0.39, 0.29) is 5.82 Å². The van der Waals surface area contributed by atoms with E-state index in [1.807, 2.05) is 13.1 Å². The predicted molar refractivity (Wildman–Crippen MR) is 79.6 cm³/mol. The van der Waals surface area contributed by atoms with Gasteiger partial charge in [0.05, 0.1) is 5.60 Å². The number of halogens is 1. The van der Waals surface area contributed by atoms with Crippen LogP contribution in [-0.4, -0.2) is 54.7 Å². The van der Waals surface area contributed by atoms with Gasteiger partial charge in [0.25, 0.3) is 0 Å². The summed E-state index contributed by atoms with van der Waals surface area (Å²) in [5, 5.41) is 10.4. The zero-order valence-corrected chi connectivity index (χ0v) is 12.7. The maximum Gasteiger partial charge on any atom is 0.136 e. The lowest BCUT2D eigenvalue weighted by atomic mass is 9.94.